The minimum Gasteiger partial charge on any atom is -0.496 e. The van der Waals surface area contributed by atoms with E-state index in [4.69, 9.17) is 10.5 Å². The minimum atomic E-state index is 0.150. The Morgan fingerprint density at radius 1 is 1.40 bits per heavy atom. The van der Waals surface area contributed by atoms with Gasteiger partial charge in [-0.3, -0.25) is 0 Å². The normalized spacial score (nSPS) is 12.7. The molecule has 0 fully saturated rings. The van der Waals surface area contributed by atoms with Gasteiger partial charge < -0.3 is 10.5 Å². The first-order chi connectivity index (χ1) is 7.29. The van der Waals surface area contributed by atoms with Crippen molar-refractivity contribution in [2.75, 3.05) is 7.11 Å². The topological polar surface area (TPSA) is 35.2 Å². The molecule has 86 valence electrons. The number of nitrogens with two attached hydrogens (primary N) is 1. The summed E-state index contributed by atoms with van der Waals surface area (Å²) in [4.78, 5) is 1.19. The molecule has 15 heavy (non-hydrogen) atoms. The van der Waals surface area contributed by atoms with Crippen molar-refractivity contribution >= 4 is 11.3 Å². The Kier molecular flexibility index (Phi) is 5.73. The molecule has 0 aliphatic carbocycles. The van der Waals surface area contributed by atoms with E-state index in [1.54, 1.807) is 18.4 Å². The van der Waals surface area contributed by atoms with Gasteiger partial charge in [-0.05, 0) is 17.9 Å². The van der Waals surface area contributed by atoms with Crippen LogP contribution >= 0.6 is 11.3 Å². The predicted molar refractivity (Wildman–Crippen MR) is 66.6 cm³/mol. The van der Waals surface area contributed by atoms with E-state index in [1.165, 1.54) is 30.6 Å². The third kappa shape index (κ3) is 3.84. The lowest BCUT2D eigenvalue weighted by Crippen LogP contribution is -2.09. The molecule has 3 heteroatoms. The highest BCUT2D eigenvalue weighted by Crippen LogP contribution is 2.31. The van der Waals surface area contributed by atoms with Crippen molar-refractivity contribution in [1.29, 1.82) is 0 Å². The predicted octanol–water partition coefficient (Wildman–Crippen LogP) is 3.73. The van der Waals surface area contributed by atoms with Gasteiger partial charge in [0, 0.05) is 6.04 Å². The van der Waals surface area contributed by atoms with Gasteiger partial charge in [0.2, 0.25) is 0 Å². The summed E-state index contributed by atoms with van der Waals surface area (Å²) >= 11 is 1.70. The molecular formula is C12H21NOS. The van der Waals surface area contributed by atoms with E-state index in [1.807, 2.05) is 11.4 Å². The van der Waals surface area contributed by atoms with Crippen LogP contribution in [0.3, 0.4) is 0 Å². The summed E-state index contributed by atoms with van der Waals surface area (Å²) in [6.07, 6.45) is 6.16. The Balaban J connectivity index is 2.36. The van der Waals surface area contributed by atoms with Crippen LogP contribution < -0.4 is 10.5 Å². The van der Waals surface area contributed by atoms with E-state index in [0.29, 0.717) is 0 Å². The lowest BCUT2D eigenvalue weighted by Gasteiger charge is -2.11. The highest BCUT2D eigenvalue weighted by atomic mass is 32.1. The van der Waals surface area contributed by atoms with Gasteiger partial charge in [-0.1, -0.05) is 32.6 Å². The highest BCUT2D eigenvalue weighted by molar-refractivity contribution is 7.10. The van der Waals surface area contributed by atoms with Crippen LogP contribution in [-0.2, 0) is 0 Å². The molecule has 1 rings (SSSR count). The Morgan fingerprint density at radius 3 is 2.87 bits per heavy atom. The molecule has 0 aliphatic rings. The van der Waals surface area contributed by atoms with Crippen molar-refractivity contribution in [3.63, 3.8) is 0 Å². The van der Waals surface area contributed by atoms with E-state index in [0.717, 1.165) is 12.2 Å². The zero-order chi connectivity index (χ0) is 11.1. The number of hydrogen-bond donors (Lipinski definition) is 1. The molecule has 1 aromatic heterocycles. The molecule has 0 aliphatic heterocycles. The van der Waals surface area contributed by atoms with Gasteiger partial charge in [0.15, 0.2) is 0 Å². The summed E-state index contributed by atoms with van der Waals surface area (Å²) < 4.78 is 5.26. The molecule has 1 heterocycles. The molecule has 0 spiro atoms. The SMILES string of the molecule is CCCCCCC(N)c1sccc1OC. The third-order valence-corrected chi connectivity index (χ3v) is 3.61. The van der Waals surface area contributed by atoms with Gasteiger partial charge in [0.05, 0.1) is 12.0 Å². The maximum atomic E-state index is 6.13. The average molecular weight is 227 g/mol. The summed E-state index contributed by atoms with van der Waals surface area (Å²) in [6, 6.07) is 2.14. The van der Waals surface area contributed by atoms with Crippen LogP contribution in [0.2, 0.25) is 0 Å². The lowest BCUT2D eigenvalue weighted by molar-refractivity contribution is 0.406. The third-order valence-electron chi connectivity index (χ3n) is 2.58. The zero-order valence-electron chi connectivity index (χ0n) is 9.66. The zero-order valence-corrected chi connectivity index (χ0v) is 10.5. The maximum Gasteiger partial charge on any atom is 0.134 e. The molecule has 0 saturated heterocycles. The first-order valence-corrected chi connectivity index (χ1v) is 6.54. The summed E-state index contributed by atoms with van der Waals surface area (Å²) in [5.74, 6) is 0.947. The first kappa shape index (κ1) is 12.5. The molecule has 0 radical (unpaired) electrons. The molecular weight excluding hydrogens is 206 g/mol. The van der Waals surface area contributed by atoms with Crippen molar-refractivity contribution in [2.45, 2.75) is 45.1 Å². The Morgan fingerprint density at radius 2 is 2.20 bits per heavy atom. The van der Waals surface area contributed by atoms with Gasteiger partial charge in [0.25, 0.3) is 0 Å². The number of ether oxygens (including phenoxy) is 1. The van der Waals surface area contributed by atoms with Crippen LogP contribution in [0, 0.1) is 0 Å². The lowest BCUT2D eigenvalue weighted by atomic mass is 10.1. The standard InChI is InChI=1S/C12H21NOS/c1-3-4-5-6-7-10(13)12-11(14-2)8-9-15-12/h8-10H,3-7,13H2,1-2H3. The second-order valence-electron chi connectivity index (χ2n) is 3.81. The van der Waals surface area contributed by atoms with E-state index < -0.39 is 0 Å². The number of unbranched alkanes of at least 4 members (excludes halogenated alkanes) is 3. The summed E-state index contributed by atoms with van der Waals surface area (Å²) in [5.41, 5.74) is 6.13. The fraction of sp³-hybridized carbons (Fsp3) is 0.667. The van der Waals surface area contributed by atoms with E-state index in [9.17, 15) is 0 Å². The van der Waals surface area contributed by atoms with E-state index in [2.05, 4.69) is 6.92 Å². The largest absolute Gasteiger partial charge is 0.496 e. The minimum absolute atomic E-state index is 0.150. The summed E-state index contributed by atoms with van der Waals surface area (Å²) in [5, 5.41) is 2.04. The monoisotopic (exact) mass is 227 g/mol. The second kappa shape index (κ2) is 6.85. The van der Waals surface area contributed by atoms with Crippen molar-refractivity contribution in [3.05, 3.63) is 16.3 Å². The average Bonchev–Trinajstić information content (AvgIpc) is 2.72. The van der Waals surface area contributed by atoms with Gasteiger partial charge in [0.1, 0.15) is 5.75 Å². The molecule has 2 nitrogen and oxygen atoms in total. The van der Waals surface area contributed by atoms with Crippen LogP contribution in [0.1, 0.15) is 49.9 Å². The molecule has 2 N–H and O–H groups in total. The first-order valence-electron chi connectivity index (χ1n) is 5.66. The quantitative estimate of drug-likeness (QED) is 0.720. The van der Waals surface area contributed by atoms with Crippen LogP contribution in [-0.4, -0.2) is 7.11 Å². The van der Waals surface area contributed by atoms with Crippen LogP contribution in [0.15, 0.2) is 11.4 Å². The summed E-state index contributed by atoms with van der Waals surface area (Å²) in [6.45, 7) is 2.22. The Labute approximate surface area is 96.4 Å². The van der Waals surface area contributed by atoms with Gasteiger partial charge in [-0.25, -0.2) is 0 Å². The highest BCUT2D eigenvalue weighted by Gasteiger charge is 2.12. The van der Waals surface area contributed by atoms with Gasteiger partial charge in [-0.15, -0.1) is 11.3 Å². The second-order valence-corrected chi connectivity index (χ2v) is 4.76. The van der Waals surface area contributed by atoms with Crippen molar-refractivity contribution in [1.82, 2.24) is 0 Å². The van der Waals surface area contributed by atoms with Crippen LogP contribution in [0.25, 0.3) is 0 Å². The molecule has 0 aromatic carbocycles. The number of thiophene rings is 1. The van der Waals surface area contributed by atoms with E-state index in [-0.39, 0.29) is 6.04 Å². The van der Waals surface area contributed by atoms with Gasteiger partial charge in [-0.2, -0.15) is 0 Å². The van der Waals surface area contributed by atoms with E-state index >= 15 is 0 Å². The molecule has 1 atom stereocenters. The van der Waals surface area contributed by atoms with Crippen molar-refractivity contribution in [3.8, 4) is 5.75 Å². The number of rotatable bonds is 7. The van der Waals surface area contributed by atoms with Gasteiger partial charge >= 0.3 is 0 Å². The van der Waals surface area contributed by atoms with Crippen molar-refractivity contribution < 1.29 is 4.74 Å². The van der Waals surface area contributed by atoms with Crippen LogP contribution in [0.5, 0.6) is 5.75 Å². The Bertz CT molecular complexity index is 272. The van der Waals surface area contributed by atoms with Crippen molar-refractivity contribution in [2.24, 2.45) is 5.73 Å². The molecule has 0 bridgehead atoms. The number of hydrogen-bond acceptors (Lipinski definition) is 3. The molecule has 0 amide bonds. The fourth-order valence-electron chi connectivity index (χ4n) is 1.67. The molecule has 0 saturated carbocycles. The maximum absolute atomic E-state index is 6.13. The molecule has 1 aromatic rings. The smallest absolute Gasteiger partial charge is 0.134 e. The number of methoxy groups -OCH3 is 1. The van der Waals surface area contributed by atoms with Crippen LogP contribution in [0.4, 0.5) is 0 Å². The summed E-state index contributed by atoms with van der Waals surface area (Å²) in [7, 11) is 1.70. The Hall–Kier alpha value is -0.540. The molecule has 1 unspecified atom stereocenters. The fourth-order valence-corrected chi connectivity index (χ4v) is 2.57.